The third-order valence-electron chi connectivity index (χ3n) is 3.95. The maximum Gasteiger partial charge on any atom is 0.243 e. The first-order chi connectivity index (χ1) is 12.6. The summed E-state index contributed by atoms with van der Waals surface area (Å²) in [5, 5.41) is 5.59. The Bertz CT molecular complexity index is 825. The monoisotopic (exact) mass is 371 g/mol. The minimum absolute atomic E-state index is 0.134. The summed E-state index contributed by atoms with van der Waals surface area (Å²) in [6.07, 6.45) is 0. The van der Waals surface area contributed by atoms with E-state index in [-0.39, 0.29) is 18.4 Å². The summed E-state index contributed by atoms with van der Waals surface area (Å²) in [5.74, 6) is 1.19. The second-order valence-electron chi connectivity index (χ2n) is 5.88. The fourth-order valence-electron chi connectivity index (χ4n) is 2.84. The summed E-state index contributed by atoms with van der Waals surface area (Å²) < 4.78 is 5.31. The van der Waals surface area contributed by atoms with Crippen LogP contribution in [0.2, 0.25) is 0 Å². The van der Waals surface area contributed by atoms with Crippen LogP contribution >= 0.6 is 11.8 Å². The van der Waals surface area contributed by atoms with Crippen LogP contribution in [0, 0.1) is 0 Å². The van der Waals surface area contributed by atoms with Gasteiger partial charge in [0.2, 0.25) is 11.8 Å². The molecule has 0 saturated heterocycles. The topological polar surface area (TPSA) is 70.7 Å². The van der Waals surface area contributed by atoms with E-state index in [1.165, 1.54) is 11.8 Å². The van der Waals surface area contributed by atoms with Gasteiger partial charge in [0.25, 0.3) is 0 Å². The van der Waals surface area contributed by atoms with Crippen molar-refractivity contribution in [2.75, 3.05) is 41.5 Å². The van der Waals surface area contributed by atoms with E-state index in [9.17, 15) is 9.59 Å². The van der Waals surface area contributed by atoms with Gasteiger partial charge in [0, 0.05) is 29.8 Å². The Hall–Kier alpha value is -2.67. The summed E-state index contributed by atoms with van der Waals surface area (Å²) in [6, 6.07) is 13.2. The smallest absolute Gasteiger partial charge is 0.243 e. The van der Waals surface area contributed by atoms with Crippen molar-refractivity contribution in [1.82, 2.24) is 0 Å². The van der Waals surface area contributed by atoms with Gasteiger partial charge in [-0.1, -0.05) is 12.1 Å². The van der Waals surface area contributed by atoms with Crippen molar-refractivity contribution in [3.63, 3.8) is 0 Å². The number of rotatable bonds is 5. The molecule has 2 aromatic carbocycles. The number of hydrogen-bond donors (Lipinski definition) is 2. The lowest BCUT2D eigenvalue weighted by Crippen LogP contribution is -2.36. The summed E-state index contributed by atoms with van der Waals surface area (Å²) in [6.45, 7) is 2.51. The molecule has 2 aromatic rings. The molecular weight excluding hydrogens is 350 g/mol. The van der Waals surface area contributed by atoms with Crippen molar-refractivity contribution < 1.29 is 14.3 Å². The zero-order valence-electron chi connectivity index (χ0n) is 14.7. The van der Waals surface area contributed by atoms with Gasteiger partial charge in [0.05, 0.1) is 25.0 Å². The number of anilines is 3. The van der Waals surface area contributed by atoms with Crippen LogP contribution < -0.4 is 20.3 Å². The van der Waals surface area contributed by atoms with Crippen molar-refractivity contribution in [2.45, 2.75) is 11.8 Å². The fourth-order valence-corrected chi connectivity index (χ4v) is 3.89. The molecule has 0 aromatic heterocycles. The molecule has 1 aliphatic rings. The highest BCUT2D eigenvalue weighted by Gasteiger charge is 2.20. The Balaban J connectivity index is 1.73. The normalized spacial score (nSPS) is 12.9. The lowest BCUT2D eigenvalue weighted by atomic mass is 10.2. The van der Waals surface area contributed by atoms with Crippen LogP contribution in [0.1, 0.15) is 6.92 Å². The molecule has 0 spiro atoms. The molecule has 0 atom stereocenters. The average molecular weight is 371 g/mol. The number of nitrogens with zero attached hydrogens (tertiary/aromatic N) is 1. The summed E-state index contributed by atoms with van der Waals surface area (Å²) in [4.78, 5) is 27.1. The van der Waals surface area contributed by atoms with Crippen molar-refractivity contribution in [3.05, 3.63) is 42.5 Å². The number of benzene rings is 2. The Morgan fingerprint density at radius 1 is 1.19 bits per heavy atom. The van der Waals surface area contributed by atoms with Crippen LogP contribution in [0.15, 0.2) is 47.4 Å². The van der Waals surface area contributed by atoms with Crippen molar-refractivity contribution in [3.8, 4) is 5.75 Å². The van der Waals surface area contributed by atoms with Crippen LogP contribution in [-0.4, -0.2) is 37.8 Å². The van der Waals surface area contributed by atoms with E-state index < -0.39 is 0 Å². The first-order valence-electron chi connectivity index (χ1n) is 8.29. The first kappa shape index (κ1) is 18.1. The van der Waals surface area contributed by atoms with E-state index in [4.69, 9.17) is 4.74 Å². The molecule has 1 aliphatic heterocycles. The van der Waals surface area contributed by atoms with E-state index in [0.717, 1.165) is 18.0 Å². The van der Waals surface area contributed by atoms with Crippen LogP contribution in [0.5, 0.6) is 5.75 Å². The molecule has 7 heteroatoms. The minimum atomic E-state index is -0.171. The molecule has 26 heavy (non-hydrogen) atoms. The van der Waals surface area contributed by atoms with E-state index >= 15 is 0 Å². The van der Waals surface area contributed by atoms with Gasteiger partial charge in [-0.05, 0) is 30.3 Å². The number of fused-ring (bicyclic) bond motifs is 1. The van der Waals surface area contributed by atoms with Gasteiger partial charge in [-0.25, -0.2) is 0 Å². The van der Waals surface area contributed by atoms with Gasteiger partial charge >= 0.3 is 0 Å². The third-order valence-corrected chi connectivity index (χ3v) is 5.00. The molecule has 0 bridgehead atoms. The molecule has 0 fully saturated rings. The van der Waals surface area contributed by atoms with Gasteiger partial charge in [-0.15, -0.1) is 11.8 Å². The van der Waals surface area contributed by atoms with Crippen molar-refractivity contribution in [1.29, 1.82) is 0 Å². The number of carbonyl (C=O) groups is 2. The average Bonchev–Trinajstić information content (AvgIpc) is 2.62. The summed E-state index contributed by atoms with van der Waals surface area (Å²) in [7, 11) is 1.54. The summed E-state index contributed by atoms with van der Waals surface area (Å²) >= 11 is 1.80. The number of ether oxygens (including phenoxy) is 1. The molecule has 1 heterocycles. The quantitative estimate of drug-likeness (QED) is 0.845. The van der Waals surface area contributed by atoms with Crippen molar-refractivity contribution in [2.24, 2.45) is 0 Å². The largest absolute Gasteiger partial charge is 0.495 e. The third kappa shape index (κ3) is 4.29. The molecule has 136 valence electrons. The number of hydrogen-bond acceptors (Lipinski definition) is 5. The number of para-hydroxylation sites is 1. The molecule has 0 unspecified atom stereocenters. The Labute approximate surface area is 156 Å². The minimum Gasteiger partial charge on any atom is -0.495 e. The fraction of sp³-hybridized carbons (Fsp3) is 0.263. The van der Waals surface area contributed by atoms with Gasteiger partial charge in [0.15, 0.2) is 0 Å². The van der Waals surface area contributed by atoms with E-state index in [0.29, 0.717) is 17.1 Å². The molecular formula is C19H21N3O3S. The Kier molecular flexibility index (Phi) is 5.68. The molecule has 0 radical (unpaired) electrons. The highest BCUT2D eigenvalue weighted by atomic mass is 32.2. The van der Waals surface area contributed by atoms with Crippen molar-refractivity contribution >= 4 is 40.6 Å². The number of thioether (sulfide) groups is 1. The van der Waals surface area contributed by atoms with E-state index in [1.807, 2.05) is 18.2 Å². The molecule has 3 rings (SSSR count). The lowest BCUT2D eigenvalue weighted by molar-refractivity contribution is -0.115. The van der Waals surface area contributed by atoms with Crippen LogP contribution in [-0.2, 0) is 9.59 Å². The van der Waals surface area contributed by atoms with Crippen LogP contribution in [0.4, 0.5) is 17.1 Å². The number of methoxy groups -OCH3 is 1. The second-order valence-corrected chi connectivity index (χ2v) is 7.02. The Morgan fingerprint density at radius 2 is 2.00 bits per heavy atom. The van der Waals surface area contributed by atoms with Crippen LogP contribution in [0.25, 0.3) is 0 Å². The summed E-state index contributed by atoms with van der Waals surface area (Å²) in [5.41, 5.74) is 2.22. The van der Waals surface area contributed by atoms with Gasteiger partial charge in [0.1, 0.15) is 5.75 Å². The van der Waals surface area contributed by atoms with Gasteiger partial charge in [-0.2, -0.15) is 0 Å². The number of nitrogens with one attached hydrogen (secondary N) is 2. The standard InChI is InChI=1S/C19H21N3O3S/c1-13(23)20-14-7-8-17(25-2)15(11-14)21-19(24)12-22-9-10-26-18-6-4-3-5-16(18)22/h3-8,11H,9-10,12H2,1-2H3,(H,20,23)(H,21,24). The predicted octanol–water partition coefficient (Wildman–Crippen LogP) is 3.20. The number of carbonyl (C=O) groups excluding carboxylic acids is 2. The lowest BCUT2D eigenvalue weighted by Gasteiger charge is -2.30. The SMILES string of the molecule is COc1ccc(NC(C)=O)cc1NC(=O)CN1CCSc2ccccc21. The zero-order chi connectivity index (χ0) is 18.5. The highest BCUT2D eigenvalue weighted by Crippen LogP contribution is 2.34. The van der Waals surface area contributed by atoms with E-state index in [2.05, 4.69) is 21.6 Å². The number of amides is 2. The molecule has 2 amide bonds. The second kappa shape index (κ2) is 8.14. The molecule has 6 nitrogen and oxygen atoms in total. The predicted molar refractivity (Wildman–Crippen MR) is 105 cm³/mol. The molecule has 0 aliphatic carbocycles. The van der Waals surface area contributed by atoms with Gasteiger partial charge in [-0.3, -0.25) is 9.59 Å². The van der Waals surface area contributed by atoms with Gasteiger partial charge < -0.3 is 20.3 Å². The maximum absolute atomic E-state index is 12.6. The highest BCUT2D eigenvalue weighted by molar-refractivity contribution is 7.99. The maximum atomic E-state index is 12.6. The zero-order valence-corrected chi connectivity index (χ0v) is 15.6. The molecule has 0 saturated carbocycles. The van der Waals surface area contributed by atoms with Crippen LogP contribution in [0.3, 0.4) is 0 Å². The van der Waals surface area contributed by atoms with E-state index in [1.54, 1.807) is 37.1 Å². The Morgan fingerprint density at radius 3 is 2.77 bits per heavy atom. The molecule has 2 N–H and O–H groups in total. The first-order valence-corrected chi connectivity index (χ1v) is 9.27.